The first-order valence-corrected chi connectivity index (χ1v) is 4.76. The molecule has 0 atom stereocenters. The number of aryl methyl sites for hydroxylation is 2. The van der Waals surface area contributed by atoms with Crippen molar-refractivity contribution in [2.24, 2.45) is 0 Å². The molecule has 76 valence electrons. The predicted octanol–water partition coefficient (Wildman–Crippen LogP) is 0.723. The van der Waals surface area contributed by atoms with Crippen LogP contribution in [0.25, 0.3) is 0 Å². The Kier molecular flexibility index (Phi) is 1.83. The van der Waals surface area contributed by atoms with E-state index >= 15 is 0 Å². The van der Waals surface area contributed by atoms with Gasteiger partial charge in [0.1, 0.15) is 17.2 Å². The van der Waals surface area contributed by atoms with Crippen LogP contribution in [0.3, 0.4) is 0 Å². The number of hydrogen-bond acceptors (Lipinski definition) is 3. The number of aliphatic carboxylic acids is 1. The summed E-state index contributed by atoms with van der Waals surface area (Å²) < 4.78 is 1.77. The minimum absolute atomic E-state index is 0.689. The molecule has 1 N–H and O–H groups in total. The van der Waals surface area contributed by atoms with E-state index in [0.717, 1.165) is 12.2 Å². The van der Waals surface area contributed by atoms with Crippen LogP contribution in [0.15, 0.2) is 0 Å². The van der Waals surface area contributed by atoms with Crippen LogP contribution in [0.1, 0.15) is 31.4 Å². The molecular weight excluding hydrogens is 182 g/mol. The maximum atomic E-state index is 11.1. The number of carboxylic acids is 1. The van der Waals surface area contributed by atoms with Gasteiger partial charge >= 0.3 is 5.97 Å². The van der Waals surface area contributed by atoms with Crippen molar-refractivity contribution in [3.05, 3.63) is 11.6 Å². The van der Waals surface area contributed by atoms with Crippen molar-refractivity contribution in [2.75, 3.05) is 0 Å². The highest BCUT2D eigenvalue weighted by molar-refractivity contribution is 5.80. The van der Waals surface area contributed by atoms with Gasteiger partial charge in [0.2, 0.25) is 0 Å². The number of carboxylic acid groups (broad SMARTS) is 1. The highest BCUT2D eigenvalue weighted by Gasteiger charge is 2.54. The molecule has 0 unspecified atom stereocenters. The molecule has 0 aromatic carbocycles. The third-order valence-corrected chi connectivity index (χ3v) is 2.76. The van der Waals surface area contributed by atoms with Gasteiger partial charge in [0.25, 0.3) is 0 Å². The molecule has 1 saturated carbocycles. The zero-order chi connectivity index (χ0) is 10.3. The fraction of sp³-hybridized carbons (Fsp3) is 0.667. The average Bonchev–Trinajstić information content (AvgIpc) is 2.86. The van der Waals surface area contributed by atoms with Gasteiger partial charge in [0.15, 0.2) is 0 Å². The second-order valence-electron chi connectivity index (χ2n) is 3.69. The quantitative estimate of drug-likeness (QED) is 0.771. The molecular formula is C9H13N3O2. The van der Waals surface area contributed by atoms with Crippen molar-refractivity contribution in [1.82, 2.24) is 14.8 Å². The normalized spacial score (nSPS) is 18.1. The topological polar surface area (TPSA) is 68.0 Å². The SMILES string of the molecule is CCc1nnc(C)n1C1(C(=O)O)CC1. The minimum atomic E-state index is -0.768. The molecule has 14 heavy (non-hydrogen) atoms. The Hall–Kier alpha value is -1.39. The molecule has 0 amide bonds. The summed E-state index contributed by atoms with van der Waals surface area (Å²) in [4.78, 5) is 11.1. The smallest absolute Gasteiger partial charge is 0.329 e. The van der Waals surface area contributed by atoms with Gasteiger partial charge in [-0.05, 0) is 19.8 Å². The molecule has 1 aromatic heterocycles. The Morgan fingerprint density at radius 3 is 2.64 bits per heavy atom. The van der Waals surface area contributed by atoms with Crippen LogP contribution in [0, 0.1) is 6.92 Å². The van der Waals surface area contributed by atoms with Gasteiger partial charge in [-0.2, -0.15) is 0 Å². The van der Waals surface area contributed by atoms with Crippen LogP contribution in [0.4, 0.5) is 0 Å². The van der Waals surface area contributed by atoms with E-state index in [4.69, 9.17) is 5.11 Å². The molecule has 0 saturated heterocycles. The second kappa shape index (κ2) is 2.80. The molecule has 0 bridgehead atoms. The van der Waals surface area contributed by atoms with Crippen molar-refractivity contribution in [2.45, 2.75) is 38.6 Å². The fourth-order valence-corrected chi connectivity index (χ4v) is 1.84. The highest BCUT2D eigenvalue weighted by Crippen LogP contribution is 2.45. The van der Waals surface area contributed by atoms with E-state index in [0.29, 0.717) is 18.7 Å². The molecule has 1 heterocycles. The van der Waals surface area contributed by atoms with E-state index in [1.54, 1.807) is 11.5 Å². The predicted molar refractivity (Wildman–Crippen MR) is 49.0 cm³/mol. The minimum Gasteiger partial charge on any atom is -0.479 e. The summed E-state index contributed by atoms with van der Waals surface area (Å²) in [5.41, 5.74) is -0.737. The van der Waals surface area contributed by atoms with Gasteiger partial charge in [-0.3, -0.25) is 4.57 Å². The number of aromatic nitrogens is 3. The van der Waals surface area contributed by atoms with Crippen LogP contribution < -0.4 is 0 Å². The monoisotopic (exact) mass is 195 g/mol. The molecule has 2 rings (SSSR count). The van der Waals surface area contributed by atoms with Crippen molar-refractivity contribution in [3.63, 3.8) is 0 Å². The summed E-state index contributed by atoms with van der Waals surface area (Å²) in [6.07, 6.45) is 2.10. The Morgan fingerprint density at radius 2 is 2.21 bits per heavy atom. The Balaban J connectivity index is 2.50. The van der Waals surface area contributed by atoms with E-state index in [-0.39, 0.29) is 0 Å². The maximum Gasteiger partial charge on any atom is 0.329 e. The number of hydrogen-bond donors (Lipinski definition) is 1. The molecule has 0 spiro atoms. The van der Waals surface area contributed by atoms with Gasteiger partial charge in [0, 0.05) is 6.42 Å². The van der Waals surface area contributed by atoms with Crippen LogP contribution in [-0.2, 0) is 16.8 Å². The molecule has 5 heteroatoms. The van der Waals surface area contributed by atoms with E-state index < -0.39 is 11.5 Å². The van der Waals surface area contributed by atoms with Gasteiger partial charge in [-0.25, -0.2) is 4.79 Å². The molecule has 5 nitrogen and oxygen atoms in total. The van der Waals surface area contributed by atoms with Gasteiger partial charge in [-0.1, -0.05) is 6.92 Å². The molecule has 0 aliphatic heterocycles. The standard InChI is InChI=1S/C9H13N3O2/c1-3-7-11-10-6(2)12(7)9(4-5-9)8(13)14/h3-5H2,1-2H3,(H,13,14). The lowest BCUT2D eigenvalue weighted by molar-refractivity contribution is -0.142. The largest absolute Gasteiger partial charge is 0.479 e. The highest BCUT2D eigenvalue weighted by atomic mass is 16.4. The maximum absolute atomic E-state index is 11.1. The second-order valence-corrected chi connectivity index (χ2v) is 3.69. The van der Waals surface area contributed by atoms with E-state index in [1.165, 1.54) is 0 Å². The first-order chi connectivity index (χ1) is 6.62. The zero-order valence-corrected chi connectivity index (χ0v) is 8.32. The lowest BCUT2D eigenvalue weighted by atomic mass is 10.2. The Bertz CT molecular complexity index is 379. The van der Waals surface area contributed by atoms with Gasteiger partial charge < -0.3 is 5.11 Å². The summed E-state index contributed by atoms with van der Waals surface area (Å²) in [6.45, 7) is 3.76. The molecule has 1 aromatic rings. The van der Waals surface area contributed by atoms with Crippen LogP contribution in [-0.4, -0.2) is 25.8 Å². The van der Waals surface area contributed by atoms with Gasteiger partial charge in [0.05, 0.1) is 0 Å². The third kappa shape index (κ3) is 1.05. The fourth-order valence-electron chi connectivity index (χ4n) is 1.84. The summed E-state index contributed by atoms with van der Waals surface area (Å²) >= 11 is 0. The van der Waals surface area contributed by atoms with E-state index in [1.807, 2.05) is 6.92 Å². The van der Waals surface area contributed by atoms with E-state index in [2.05, 4.69) is 10.2 Å². The summed E-state index contributed by atoms with van der Waals surface area (Å²) in [6, 6.07) is 0. The number of nitrogens with zero attached hydrogens (tertiary/aromatic N) is 3. The van der Waals surface area contributed by atoms with Crippen LogP contribution in [0.2, 0.25) is 0 Å². The molecule has 0 radical (unpaired) electrons. The summed E-state index contributed by atoms with van der Waals surface area (Å²) in [7, 11) is 0. The zero-order valence-electron chi connectivity index (χ0n) is 8.32. The van der Waals surface area contributed by atoms with Crippen molar-refractivity contribution >= 4 is 5.97 Å². The van der Waals surface area contributed by atoms with Crippen molar-refractivity contribution in [3.8, 4) is 0 Å². The average molecular weight is 195 g/mol. The van der Waals surface area contributed by atoms with Crippen LogP contribution >= 0.6 is 0 Å². The lowest BCUT2D eigenvalue weighted by Crippen LogP contribution is -2.29. The van der Waals surface area contributed by atoms with Crippen molar-refractivity contribution in [1.29, 1.82) is 0 Å². The van der Waals surface area contributed by atoms with Gasteiger partial charge in [-0.15, -0.1) is 10.2 Å². The molecule has 1 fully saturated rings. The molecule has 1 aliphatic rings. The van der Waals surface area contributed by atoms with Crippen molar-refractivity contribution < 1.29 is 9.90 Å². The number of carbonyl (C=O) groups is 1. The van der Waals surface area contributed by atoms with Crippen LogP contribution in [0.5, 0.6) is 0 Å². The van der Waals surface area contributed by atoms with E-state index in [9.17, 15) is 4.79 Å². The lowest BCUT2D eigenvalue weighted by Gasteiger charge is -2.15. The summed E-state index contributed by atoms with van der Waals surface area (Å²) in [5, 5.41) is 17.0. The first-order valence-electron chi connectivity index (χ1n) is 4.76. The first kappa shape index (κ1) is 9.18. The Morgan fingerprint density at radius 1 is 1.57 bits per heavy atom. The summed E-state index contributed by atoms with van der Waals surface area (Å²) in [5.74, 6) is 0.694. The Labute approximate surface area is 81.8 Å². The number of rotatable bonds is 3. The molecule has 1 aliphatic carbocycles. The third-order valence-electron chi connectivity index (χ3n) is 2.76.